The van der Waals surface area contributed by atoms with Crippen LogP contribution >= 0.6 is 0 Å². The van der Waals surface area contributed by atoms with E-state index in [4.69, 9.17) is 4.74 Å². The van der Waals surface area contributed by atoms with Gasteiger partial charge in [0.05, 0.1) is 10.9 Å². The van der Waals surface area contributed by atoms with Crippen molar-refractivity contribution in [2.24, 2.45) is 17.8 Å². The van der Waals surface area contributed by atoms with Crippen LogP contribution in [0.4, 0.5) is 13.6 Å². The summed E-state index contributed by atoms with van der Waals surface area (Å²) in [5, 5.41) is 0. The molecule has 0 radical (unpaired) electrons. The van der Waals surface area contributed by atoms with Crippen molar-refractivity contribution in [1.82, 2.24) is 0 Å². The summed E-state index contributed by atoms with van der Waals surface area (Å²) in [4.78, 5) is 15.6. The number of alkyl halides is 2. The predicted molar refractivity (Wildman–Crippen MR) is 145 cm³/mol. The SMILES string of the molecule is O=C(OC12CC3CC(CC(C3)C1)C2)OS(=O)(=O)C(F)F.c1ccc([S+](c2ccccc2)c2ccccc2)cc1. The average Bonchev–Trinajstić information content (AvgIpc) is 2.89. The molecule has 0 unspecified atom stereocenters. The molecule has 0 saturated heterocycles. The molecule has 39 heavy (non-hydrogen) atoms. The molecule has 4 saturated carbocycles. The lowest BCUT2D eigenvalue weighted by Crippen LogP contribution is -2.52. The lowest BCUT2D eigenvalue weighted by molar-refractivity contribution is -0.135. The Morgan fingerprint density at radius 1 is 0.718 bits per heavy atom. The molecule has 3 aromatic carbocycles. The van der Waals surface area contributed by atoms with Gasteiger partial charge in [0.15, 0.2) is 14.7 Å². The number of benzene rings is 3. The quantitative estimate of drug-likeness (QED) is 0.174. The van der Waals surface area contributed by atoms with Crippen molar-refractivity contribution in [2.45, 2.75) is 64.6 Å². The predicted octanol–water partition coefficient (Wildman–Crippen LogP) is 7.44. The van der Waals surface area contributed by atoms with Crippen LogP contribution in [0.15, 0.2) is 106 Å². The summed E-state index contributed by atoms with van der Waals surface area (Å²) in [5.74, 6) is -2.28. The summed E-state index contributed by atoms with van der Waals surface area (Å²) in [7, 11) is -5.20. The van der Waals surface area contributed by atoms with E-state index in [1.54, 1.807) is 0 Å². The van der Waals surface area contributed by atoms with Crippen LogP contribution in [0.3, 0.4) is 0 Å². The summed E-state index contributed by atoms with van der Waals surface area (Å²) < 4.78 is 55.0. The summed E-state index contributed by atoms with van der Waals surface area (Å²) >= 11 is 0. The summed E-state index contributed by atoms with van der Waals surface area (Å²) in [6.07, 6.45) is 3.88. The average molecular weight is 574 g/mol. The molecule has 4 aliphatic rings. The van der Waals surface area contributed by atoms with Gasteiger partial charge in [-0.1, -0.05) is 54.6 Å². The van der Waals surface area contributed by atoms with E-state index in [2.05, 4.69) is 95.2 Å². The Balaban J connectivity index is 0.000000158. The molecule has 0 aliphatic heterocycles. The standard InChI is InChI=1S/C18H15S.C12H16F2O5S/c1-4-10-16(11-5-1)19(17-12-6-2-7-13-17)18-14-8-3-9-15-18;13-10(14)20(16,17)19-11(15)18-12-4-7-1-8(5-12)3-9(2-7)6-12/h1-15H;7-10H,1-6H2/q+1;. The molecule has 0 heterocycles. The Labute approximate surface area is 231 Å². The van der Waals surface area contributed by atoms with E-state index in [0.29, 0.717) is 37.0 Å². The fourth-order valence-electron chi connectivity index (χ4n) is 6.56. The van der Waals surface area contributed by atoms with Gasteiger partial charge < -0.3 is 8.92 Å². The van der Waals surface area contributed by atoms with Crippen molar-refractivity contribution in [3.63, 3.8) is 0 Å². The van der Waals surface area contributed by atoms with E-state index in [9.17, 15) is 22.0 Å². The first kappa shape index (κ1) is 27.6. The number of rotatable bonds is 6. The van der Waals surface area contributed by atoms with E-state index in [1.165, 1.54) is 14.7 Å². The highest BCUT2D eigenvalue weighted by Crippen LogP contribution is 2.57. The molecule has 9 heteroatoms. The maximum atomic E-state index is 12.2. The van der Waals surface area contributed by atoms with Crippen LogP contribution < -0.4 is 0 Å². The molecule has 0 N–H and O–H groups in total. The van der Waals surface area contributed by atoms with Gasteiger partial charge in [0, 0.05) is 0 Å². The minimum Gasteiger partial charge on any atom is -0.427 e. The molecule has 0 spiro atoms. The highest BCUT2D eigenvalue weighted by molar-refractivity contribution is 7.97. The van der Waals surface area contributed by atoms with Gasteiger partial charge in [-0.05, 0) is 92.7 Å². The zero-order chi connectivity index (χ0) is 27.5. The van der Waals surface area contributed by atoms with Crippen molar-refractivity contribution in [3.05, 3.63) is 91.0 Å². The Morgan fingerprint density at radius 3 is 1.41 bits per heavy atom. The maximum absolute atomic E-state index is 12.2. The number of ether oxygens (including phenoxy) is 1. The van der Waals surface area contributed by atoms with E-state index >= 15 is 0 Å². The lowest BCUT2D eigenvalue weighted by atomic mass is 9.54. The molecule has 0 aromatic heterocycles. The molecule has 4 fully saturated rings. The molecule has 3 aromatic rings. The highest BCUT2D eigenvalue weighted by atomic mass is 32.2. The van der Waals surface area contributed by atoms with Crippen LogP contribution in [-0.2, 0) is 29.9 Å². The number of hydrogen-bond donors (Lipinski definition) is 0. The second-order valence-corrected chi connectivity index (χ2v) is 14.1. The minimum absolute atomic E-state index is 0.0146. The van der Waals surface area contributed by atoms with Crippen LogP contribution in [0.1, 0.15) is 38.5 Å². The third kappa shape index (κ3) is 6.64. The summed E-state index contributed by atoms with van der Waals surface area (Å²) in [6.45, 7) is 0. The molecule has 4 aliphatic carbocycles. The smallest absolute Gasteiger partial charge is 0.427 e. The van der Waals surface area contributed by atoms with Crippen LogP contribution in [0, 0.1) is 17.8 Å². The van der Waals surface area contributed by atoms with Crippen LogP contribution in [0.2, 0.25) is 0 Å². The van der Waals surface area contributed by atoms with Crippen LogP contribution in [0.25, 0.3) is 0 Å². The van der Waals surface area contributed by atoms with Gasteiger partial charge in [-0.3, -0.25) is 0 Å². The Kier molecular flexibility index (Phi) is 8.28. The number of hydrogen-bond acceptors (Lipinski definition) is 5. The van der Waals surface area contributed by atoms with Crippen molar-refractivity contribution in [1.29, 1.82) is 0 Å². The van der Waals surface area contributed by atoms with Gasteiger partial charge >= 0.3 is 22.0 Å². The Morgan fingerprint density at radius 2 is 1.08 bits per heavy atom. The molecule has 206 valence electrons. The molecule has 0 atom stereocenters. The first-order valence-electron chi connectivity index (χ1n) is 13.1. The zero-order valence-electron chi connectivity index (χ0n) is 21.3. The second kappa shape index (κ2) is 11.7. The third-order valence-electron chi connectivity index (χ3n) is 7.62. The van der Waals surface area contributed by atoms with Gasteiger partial charge in [-0.25, -0.2) is 4.79 Å². The van der Waals surface area contributed by atoms with Gasteiger partial charge in [0.2, 0.25) is 0 Å². The van der Waals surface area contributed by atoms with Gasteiger partial charge in [0.1, 0.15) is 5.60 Å². The zero-order valence-corrected chi connectivity index (χ0v) is 23.0. The Bertz CT molecular complexity index is 1220. The first-order chi connectivity index (χ1) is 18.7. The molecule has 5 nitrogen and oxygen atoms in total. The van der Waals surface area contributed by atoms with Gasteiger partial charge in [-0.2, -0.15) is 17.2 Å². The summed E-state index contributed by atoms with van der Waals surface area (Å²) in [6, 6.07) is 32.2. The van der Waals surface area contributed by atoms with E-state index in [-0.39, 0.29) is 10.9 Å². The van der Waals surface area contributed by atoms with E-state index in [0.717, 1.165) is 19.3 Å². The molecular formula is C30H31F2O5S2+. The maximum Gasteiger partial charge on any atom is 0.524 e. The molecule has 7 rings (SSSR count). The topological polar surface area (TPSA) is 69.7 Å². The number of carbonyl (C=O) groups is 1. The normalized spacial score (nSPS) is 25.2. The van der Waals surface area contributed by atoms with Crippen molar-refractivity contribution in [2.75, 3.05) is 0 Å². The summed E-state index contributed by atoms with van der Waals surface area (Å²) in [5.41, 5.74) is -0.705. The molecule has 0 amide bonds. The van der Waals surface area contributed by atoms with Crippen LogP contribution in [-0.4, -0.2) is 25.9 Å². The van der Waals surface area contributed by atoms with Gasteiger partial charge in [0.25, 0.3) is 0 Å². The van der Waals surface area contributed by atoms with E-state index in [1.807, 2.05) is 0 Å². The monoisotopic (exact) mass is 573 g/mol. The largest absolute Gasteiger partial charge is 0.524 e. The molecule has 4 bridgehead atoms. The Hall–Kier alpha value is -2.91. The lowest BCUT2D eigenvalue weighted by Gasteiger charge is -2.55. The van der Waals surface area contributed by atoms with Gasteiger partial charge in [-0.15, -0.1) is 0 Å². The number of halogens is 2. The van der Waals surface area contributed by atoms with Crippen LogP contribution in [0.5, 0.6) is 0 Å². The second-order valence-electron chi connectivity index (χ2n) is 10.5. The first-order valence-corrected chi connectivity index (χ1v) is 15.8. The fraction of sp³-hybridized carbons (Fsp3) is 0.367. The highest BCUT2D eigenvalue weighted by Gasteiger charge is 2.54. The van der Waals surface area contributed by atoms with Crippen molar-refractivity contribution >= 4 is 27.2 Å². The van der Waals surface area contributed by atoms with E-state index < -0.39 is 27.6 Å². The number of carbonyl (C=O) groups excluding carboxylic acids is 1. The fourth-order valence-corrected chi connectivity index (χ4v) is 8.96. The third-order valence-corrected chi connectivity index (χ3v) is 10.7. The van der Waals surface area contributed by atoms with Crippen molar-refractivity contribution in [3.8, 4) is 0 Å². The minimum atomic E-state index is -5.19. The van der Waals surface area contributed by atoms with Crippen molar-refractivity contribution < 1.29 is 30.9 Å². The molecular weight excluding hydrogens is 542 g/mol.